The molecule has 5 fully saturated rings. The Bertz CT molecular complexity index is 1050. The fourth-order valence-corrected chi connectivity index (χ4v) is 8.70. The molecule has 6 aliphatic heterocycles. The van der Waals surface area contributed by atoms with Gasteiger partial charge in [0.25, 0.3) is 0 Å². The zero-order valence-electron chi connectivity index (χ0n) is 28.2. The minimum Gasteiger partial charge on any atom is -0.372 e. The molecule has 5 saturated heterocycles. The number of rotatable bonds is 9. The summed E-state index contributed by atoms with van der Waals surface area (Å²) in [4.78, 5) is 36.9. The number of hydrogen-bond donors (Lipinski definition) is 4. The number of unbranched alkanes of at least 4 members (excludes halogenated alkanes) is 2. The molecule has 9 nitrogen and oxygen atoms in total. The van der Waals surface area contributed by atoms with Gasteiger partial charge in [-0.3, -0.25) is 14.6 Å². The number of halogens is 1. The molecule has 0 saturated carbocycles. The lowest BCUT2D eigenvalue weighted by Gasteiger charge is -2.50. The van der Waals surface area contributed by atoms with Gasteiger partial charge in [0.2, 0.25) is 11.8 Å². The number of carbonyl (C=O) groups excluding carboxylic acids is 2. The number of fused-ring (bicyclic) bond motifs is 3. The van der Waals surface area contributed by atoms with E-state index in [0.717, 1.165) is 109 Å². The van der Waals surface area contributed by atoms with Gasteiger partial charge in [-0.25, -0.2) is 4.39 Å². The number of nitrogens with zero attached hydrogens (tertiary/aromatic N) is 3. The molecule has 6 rings (SSSR count). The van der Waals surface area contributed by atoms with Gasteiger partial charge in [-0.1, -0.05) is 39.2 Å². The van der Waals surface area contributed by atoms with Crippen molar-refractivity contribution < 1.29 is 14.0 Å². The van der Waals surface area contributed by atoms with Gasteiger partial charge in [0.1, 0.15) is 12.1 Å². The van der Waals surface area contributed by atoms with E-state index >= 15 is 0 Å². The largest absolute Gasteiger partial charge is 0.372 e. The number of nitrogens with two attached hydrogens (primary N) is 1. The highest BCUT2D eigenvalue weighted by Crippen LogP contribution is 2.43. The molecule has 254 valence electrons. The number of carbonyl (C=O) groups is 2. The molecule has 45 heavy (non-hydrogen) atoms. The van der Waals surface area contributed by atoms with Crippen LogP contribution >= 0.6 is 0 Å². The van der Waals surface area contributed by atoms with E-state index in [4.69, 9.17) is 5.73 Å². The van der Waals surface area contributed by atoms with Crippen LogP contribution in [-0.4, -0.2) is 98.1 Å². The van der Waals surface area contributed by atoms with Crippen LogP contribution in [0.15, 0.2) is 16.8 Å². The second-order valence-electron chi connectivity index (χ2n) is 14.8. The van der Waals surface area contributed by atoms with Crippen LogP contribution < -0.4 is 21.7 Å². The summed E-state index contributed by atoms with van der Waals surface area (Å²) in [6, 6.07) is -0.0212. The first-order valence-electron chi connectivity index (χ1n) is 18.1. The number of piperidine rings is 5. The third kappa shape index (κ3) is 8.28. The lowest BCUT2D eigenvalue weighted by molar-refractivity contribution is -0.151. The Kier molecular flexibility index (Phi) is 12.0. The number of hydrogen-bond acceptors (Lipinski definition) is 7. The van der Waals surface area contributed by atoms with Gasteiger partial charge >= 0.3 is 0 Å². The molecule has 0 aliphatic carbocycles. The minimum atomic E-state index is -1.09. The molecular weight excluding hydrogens is 569 g/mol. The number of alkyl halides is 1. The van der Waals surface area contributed by atoms with Crippen molar-refractivity contribution in [1.82, 2.24) is 25.8 Å². The van der Waals surface area contributed by atoms with Gasteiger partial charge in [0.05, 0.1) is 18.1 Å². The first-order chi connectivity index (χ1) is 21.7. The molecule has 6 aliphatic rings. The van der Waals surface area contributed by atoms with Crippen LogP contribution in [0.5, 0.6) is 0 Å². The fourth-order valence-electron chi connectivity index (χ4n) is 8.70. The molecule has 0 aromatic rings. The van der Waals surface area contributed by atoms with Gasteiger partial charge < -0.3 is 31.5 Å². The number of likely N-dealkylation sites (tertiary alicyclic amines) is 1. The summed E-state index contributed by atoms with van der Waals surface area (Å²) in [6.07, 6.45) is 10.9. The minimum absolute atomic E-state index is 0.0212. The van der Waals surface area contributed by atoms with Crippen molar-refractivity contribution in [3.05, 3.63) is 11.8 Å². The average Bonchev–Trinajstić information content (AvgIpc) is 3.06. The van der Waals surface area contributed by atoms with Crippen LogP contribution in [0.1, 0.15) is 91.4 Å². The van der Waals surface area contributed by atoms with E-state index in [0.29, 0.717) is 36.4 Å². The maximum absolute atomic E-state index is 14.8. The Balaban J connectivity index is 1.22. The molecule has 2 amide bonds. The molecule has 10 heteroatoms. The number of allylic oxidation sites excluding steroid dienone is 2. The van der Waals surface area contributed by atoms with Gasteiger partial charge in [0.15, 0.2) is 0 Å². The van der Waals surface area contributed by atoms with Crippen LogP contribution in [0, 0.1) is 29.1 Å². The van der Waals surface area contributed by atoms with Gasteiger partial charge in [0, 0.05) is 43.5 Å². The molecule has 0 aromatic heterocycles. The van der Waals surface area contributed by atoms with E-state index in [-0.39, 0.29) is 29.8 Å². The van der Waals surface area contributed by atoms with Crippen molar-refractivity contribution >= 4 is 17.5 Å². The average molecular weight is 630 g/mol. The highest BCUT2D eigenvalue weighted by Gasteiger charge is 2.48. The second kappa shape index (κ2) is 15.7. The second-order valence-corrected chi connectivity index (χ2v) is 14.8. The summed E-state index contributed by atoms with van der Waals surface area (Å²) in [5.41, 5.74) is 8.14. The predicted octanol–water partition coefficient (Wildman–Crippen LogP) is 3.60. The maximum atomic E-state index is 14.8. The molecule has 5 N–H and O–H groups in total. The quantitative estimate of drug-likeness (QED) is 0.290. The van der Waals surface area contributed by atoms with Crippen molar-refractivity contribution in [2.75, 3.05) is 52.4 Å². The van der Waals surface area contributed by atoms with E-state index in [1.165, 1.54) is 0 Å². The third-order valence-corrected chi connectivity index (χ3v) is 11.8. The lowest BCUT2D eigenvalue weighted by Crippen LogP contribution is -2.60. The molecule has 6 unspecified atom stereocenters. The van der Waals surface area contributed by atoms with E-state index in [1.807, 2.05) is 13.0 Å². The Hall–Kier alpha value is -2.04. The Morgan fingerprint density at radius 1 is 1.13 bits per heavy atom. The summed E-state index contributed by atoms with van der Waals surface area (Å²) >= 11 is 0. The monoisotopic (exact) mass is 629 g/mol. The Morgan fingerprint density at radius 3 is 2.53 bits per heavy atom. The molecule has 0 aromatic carbocycles. The molecule has 2 bridgehead atoms. The van der Waals surface area contributed by atoms with Crippen molar-refractivity contribution in [2.45, 2.75) is 110 Å². The van der Waals surface area contributed by atoms with E-state index in [9.17, 15) is 14.0 Å². The summed E-state index contributed by atoms with van der Waals surface area (Å²) < 4.78 is 14.8. The van der Waals surface area contributed by atoms with Crippen LogP contribution in [0.3, 0.4) is 0 Å². The highest BCUT2D eigenvalue weighted by molar-refractivity contribution is 6.04. The third-order valence-electron chi connectivity index (χ3n) is 11.8. The first kappa shape index (κ1) is 34.3. The van der Waals surface area contributed by atoms with Crippen LogP contribution in [-0.2, 0) is 9.59 Å². The zero-order valence-corrected chi connectivity index (χ0v) is 28.2. The topological polar surface area (TPSA) is 115 Å². The number of nitrogens with one attached hydrogen (secondary N) is 3. The summed E-state index contributed by atoms with van der Waals surface area (Å²) in [6.45, 7) is 12.7. The van der Waals surface area contributed by atoms with Crippen LogP contribution in [0.2, 0.25) is 0 Å². The standard InChI is InChI=1S/C35H60FN7O2/c1-4-5-6-7-24(2)29-9-8-27(36)22-39-25(3)31(32(37)40-29)33(44)41-30-23-38-16-10-28(30)26-11-17-43(18-12-26)34(45)35-13-19-42(20-14-35)21-15-35/h9,24,26-28,30-32,38,40H,4-8,10-23,37H2,1-3H3,(H,41,44)/b29-9-,39-25?. The molecule has 6 heterocycles. The first-order valence-corrected chi connectivity index (χ1v) is 18.1. The van der Waals surface area contributed by atoms with Crippen LogP contribution in [0.25, 0.3) is 0 Å². The number of amides is 2. The van der Waals surface area contributed by atoms with E-state index in [1.54, 1.807) is 0 Å². The summed E-state index contributed by atoms with van der Waals surface area (Å²) in [7, 11) is 0. The van der Waals surface area contributed by atoms with Crippen molar-refractivity contribution in [3.8, 4) is 0 Å². The smallest absolute Gasteiger partial charge is 0.232 e. The zero-order chi connectivity index (χ0) is 32.0. The molecular formula is C35H60FN7O2. The predicted molar refractivity (Wildman–Crippen MR) is 178 cm³/mol. The van der Waals surface area contributed by atoms with Crippen molar-refractivity contribution in [2.24, 2.45) is 39.8 Å². The van der Waals surface area contributed by atoms with E-state index in [2.05, 4.69) is 44.6 Å². The molecule has 0 radical (unpaired) electrons. The Labute approximate surface area is 270 Å². The number of aliphatic imine (C=N–C) groups is 1. The van der Waals surface area contributed by atoms with Crippen molar-refractivity contribution in [3.63, 3.8) is 0 Å². The Morgan fingerprint density at radius 2 is 1.84 bits per heavy atom. The van der Waals surface area contributed by atoms with Gasteiger partial charge in [-0.15, -0.1) is 0 Å². The summed E-state index contributed by atoms with van der Waals surface area (Å²) in [5.74, 6) is 0.582. The summed E-state index contributed by atoms with van der Waals surface area (Å²) in [5, 5.41) is 10.3. The highest BCUT2D eigenvalue weighted by atomic mass is 19.1. The fraction of sp³-hybridized carbons (Fsp3) is 0.857. The molecule has 0 spiro atoms. The maximum Gasteiger partial charge on any atom is 0.232 e. The van der Waals surface area contributed by atoms with E-state index < -0.39 is 18.3 Å². The lowest BCUT2D eigenvalue weighted by atomic mass is 9.70. The van der Waals surface area contributed by atoms with Crippen molar-refractivity contribution in [1.29, 1.82) is 0 Å². The van der Waals surface area contributed by atoms with Crippen LogP contribution in [0.4, 0.5) is 4.39 Å². The van der Waals surface area contributed by atoms with Gasteiger partial charge in [-0.05, 0) is 95.8 Å². The molecule has 6 atom stereocenters. The van der Waals surface area contributed by atoms with Gasteiger partial charge in [-0.2, -0.15) is 0 Å². The SMILES string of the molecule is CCCCCC(C)/C1=C/CC(F)CN=C(C)C(C(=O)NC2CNCCC2C2CCN(C(=O)C34CCN(CC3)CC4)CC2)C(N)N1. The normalized spacial score (nSPS) is 36.7.